The van der Waals surface area contributed by atoms with Crippen LogP contribution in [0.25, 0.3) is 0 Å². The molecule has 172 valence electrons. The molecule has 1 N–H and O–H groups in total. The van der Waals surface area contributed by atoms with Gasteiger partial charge in [-0.3, -0.25) is 4.79 Å². The number of carbonyl (C=O) groups is 1. The first kappa shape index (κ1) is 26.5. The van der Waals surface area contributed by atoms with Crippen LogP contribution >= 0.6 is 0 Å². The van der Waals surface area contributed by atoms with Crippen molar-refractivity contribution < 1.29 is 9.53 Å². The van der Waals surface area contributed by atoms with Gasteiger partial charge in [-0.2, -0.15) is 0 Å². The van der Waals surface area contributed by atoms with Crippen molar-refractivity contribution in [3.8, 4) is 5.75 Å². The lowest BCUT2D eigenvalue weighted by Crippen LogP contribution is -2.29. The van der Waals surface area contributed by atoms with Crippen LogP contribution in [-0.4, -0.2) is 19.1 Å². The zero-order chi connectivity index (χ0) is 21.9. The van der Waals surface area contributed by atoms with Crippen molar-refractivity contribution in [1.82, 2.24) is 5.32 Å². The van der Waals surface area contributed by atoms with Gasteiger partial charge in [-0.25, -0.2) is 0 Å². The fourth-order valence-electron chi connectivity index (χ4n) is 3.70. The van der Waals surface area contributed by atoms with Gasteiger partial charge >= 0.3 is 0 Å². The molecule has 30 heavy (non-hydrogen) atoms. The van der Waals surface area contributed by atoms with Gasteiger partial charge in [-0.1, -0.05) is 116 Å². The van der Waals surface area contributed by atoms with Gasteiger partial charge in [-0.05, 0) is 30.0 Å². The molecule has 0 aliphatic heterocycles. The van der Waals surface area contributed by atoms with E-state index >= 15 is 0 Å². The van der Waals surface area contributed by atoms with E-state index in [0.29, 0.717) is 5.92 Å². The van der Waals surface area contributed by atoms with Gasteiger partial charge in [0, 0.05) is 6.54 Å². The summed E-state index contributed by atoms with van der Waals surface area (Å²) in [5, 5.41) is 2.96. The molecule has 1 rings (SSSR count). The van der Waals surface area contributed by atoms with Crippen molar-refractivity contribution in [3.63, 3.8) is 0 Å². The maximum atomic E-state index is 11.9. The minimum atomic E-state index is -0.0300. The minimum absolute atomic E-state index is 0.0300. The lowest BCUT2D eigenvalue weighted by Gasteiger charge is -2.09. The Bertz CT molecular complexity index is 524. The predicted octanol–water partition coefficient (Wildman–Crippen LogP) is 7.79. The molecule has 0 saturated heterocycles. The van der Waals surface area contributed by atoms with Gasteiger partial charge in [0.2, 0.25) is 0 Å². The number of hydrogen-bond donors (Lipinski definition) is 1. The SMILES string of the molecule is CCCCCCCCCCCCCCCCNC(=O)COc1ccc(C(C)C)cc1. The summed E-state index contributed by atoms with van der Waals surface area (Å²) in [4.78, 5) is 11.9. The second-order valence-corrected chi connectivity index (χ2v) is 8.96. The van der Waals surface area contributed by atoms with E-state index in [4.69, 9.17) is 4.74 Å². The van der Waals surface area contributed by atoms with Gasteiger partial charge in [-0.15, -0.1) is 0 Å². The zero-order valence-electron chi connectivity index (χ0n) is 20.0. The van der Waals surface area contributed by atoms with Crippen molar-refractivity contribution in [1.29, 1.82) is 0 Å². The Morgan fingerprint density at radius 2 is 1.23 bits per heavy atom. The Balaban J connectivity index is 1.86. The Hall–Kier alpha value is -1.51. The molecule has 1 amide bonds. The minimum Gasteiger partial charge on any atom is -0.484 e. The first-order valence-corrected chi connectivity index (χ1v) is 12.6. The van der Waals surface area contributed by atoms with E-state index in [1.54, 1.807) is 0 Å². The number of amides is 1. The standard InChI is InChI=1S/C27H47NO2/c1-4-5-6-7-8-9-10-11-12-13-14-15-16-17-22-28-27(29)23-30-26-20-18-25(19-21-26)24(2)3/h18-21,24H,4-17,22-23H2,1-3H3,(H,28,29). The van der Waals surface area contributed by atoms with Crippen LogP contribution in [0.4, 0.5) is 0 Å². The molecule has 0 bridgehead atoms. The molecule has 0 spiro atoms. The van der Waals surface area contributed by atoms with E-state index in [1.807, 2.05) is 12.1 Å². The lowest BCUT2D eigenvalue weighted by atomic mass is 10.0. The third-order valence-corrected chi connectivity index (χ3v) is 5.77. The molecular formula is C27H47NO2. The quantitative estimate of drug-likeness (QED) is 0.233. The summed E-state index contributed by atoms with van der Waals surface area (Å²) >= 11 is 0. The molecule has 0 saturated carbocycles. The van der Waals surface area contributed by atoms with Crippen LogP contribution in [0, 0.1) is 0 Å². The molecular weight excluding hydrogens is 370 g/mol. The van der Waals surface area contributed by atoms with Crippen LogP contribution in [0.3, 0.4) is 0 Å². The first-order chi connectivity index (χ1) is 14.6. The van der Waals surface area contributed by atoms with Crippen molar-refractivity contribution in [2.45, 2.75) is 117 Å². The molecule has 0 fully saturated rings. The summed E-state index contributed by atoms with van der Waals surface area (Å²) < 4.78 is 5.57. The van der Waals surface area contributed by atoms with Gasteiger partial charge < -0.3 is 10.1 Å². The lowest BCUT2D eigenvalue weighted by molar-refractivity contribution is -0.123. The Morgan fingerprint density at radius 3 is 1.70 bits per heavy atom. The first-order valence-electron chi connectivity index (χ1n) is 12.6. The highest BCUT2D eigenvalue weighted by Gasteiger charge is 2.03. The highest BCUT2D eigenvalue weighted by molar-refractivity contribution is 5.77. The smallest absolute Gasteiger partial charge is 0.257 e. The second-order valence-electron chi connectivity index (χ2n) is 8.96. The Kier molecular flexibility index (Phi) is 16.2. The highest BCUT2D eigenvalue weighted by atomic mass is 16.5. The number of ether oxygens (including phenoxy) is 1. The summed E-state index contributed by atoms with van der Waals surface area (Å²) in [5.74, 6) is 1.23. The number of unbranched alkanes of at least 4 members (excludes halogenated alkanes) is 13. The van der Waals surface area contributed by atoms with E-state index in [9.17, 15) is 4.79 Å². The van der Waals surface area contributed by atoms with Crippen LogP contribution in [0.15, 0.2) is 24.3 Å². The maximum Gasteiger partial charge on any atom is 0.257 e. The van der Waals surface area contributed by atoms with Gasteiger partial charge in [0.25, 0.3) is 5.91 Å². The van der Waals surface area contributed by atoms with E-state index in [1.165, 1.54) is 89.0 Å². The summed E-state index contributed by atoms with van der Waals surface area (Å²) in [6.07, 6.45) is 18.9. The third-order valence-electron chi connectivity index (χ3n) is 5.77. The molecule has 3 heteroatoms. The fraction of sp³-hybridized carbons (Fsp3) is 0.741. The Labute approximate surface area is 186 Å². The second kappa shape index (κ2) is 18.3. The van der Waals surface area contributed by atoms with Crippen molar-refractivity contribution >= 4 is 5.91 Å². The molecule has 1 aromatic carbocycles. The average molecular weight is 418 g/mol. The summed E-state index contributed by atoms with van der Waals surface area (Å²) in [7, 11) is 0. The average Bonchev–Trinajstić information content (AvgIpc) is 2.75. The zero-order valence-corrected chi connectivity index (χ0v) is 20.0. The van der Waals surface area contributed by atoms with Crippen LogP contribution in [0.2, 0.25) is 0 Å². The summed E-state index contributed by atoms with van der Waals surface area (Å²) in [6, 6.07) is 8.01. The number of benzene rings is 1. The van der Waals surface area contributed by atoms with Gasteiger partial charge in [0.05, 0.1) is 0 Å². The van der Waals surface area contributed by atoms with E-state index < -0.39 is 0 Å². The molecule has 0 radical (unpaired) electrons. The number of rotatable bonds is 19. The van der Waals surface area contributed by atoms with Gasteiger partial charge in [0.15, 0.2) is 6.61 Å². The Morgan fingerprint density at radius 1 is 0.767 bits per heavy atom. The third kappa shape index (κ3) is 14.5. The molecule has 0 aromatic heterocycles. The summed E-state index contributed by atoms with van der Waals surface area (Å²) in [6.45, 7) is 7.47. The van der Waals surface area contributed by atoms with Crippen molar-refractivity contribution in [2.75, 3.05) is 13.2 Å². The number of hydrogen-bond acceptors (Lipinski definition) is 2. The normalized spacial score (nSPS) is 11.1. The van der Waals surface area contributed by atoms with E-state index in [2.05, 4.69) is 38.2 Å². The molecule has 3 nitrogen and oxygen atoms in total. The summed E-state index contributed by atoms with van der Waals surface area (Å²) in [5.41, 5.74) is 1.28. The topological polar surface area (TPSA) is 38.3 Å². The molecule has 1 aromatic rings. The molecule has 0 aliphatic rings. The van der Waals surface area contributed by atoms with Crippen LogP contribution < -0.4 is 10.1 Å². The van der Waals surface area contributed by atoms with E-state index in [0.717, 1.165) is 18.7 Å². The van der Waals surface area contributed by atoms with Gasteiger partial charge in [0.1, 0.15) is 5.75 Å². The van der Waals surface area contributed by atoms with Crippen LogP contribution in [-0.2, 0) is 4.79 Å². The van der Waals surface area contributed by atoms with E-state index in [-0.39, 0.29) is 12.5 Å². The van der Waals surface area contributed by atoms with Crippen LogP contribution in [0.1, 0.15) is 122 Å². The van der Waals surface area contributed by atoms with Crippen molar-refractivity contribution in [3.05, 3.63) is 29.8 Å². The van der Waals surface area contributed by atoms with Crippen molar-refractivity contribution in [2.24, 2.45) is 0 Å². The molecule has 0 heterocycles. The fourth-order valence-corrected chi connectivity index (χ4v) is 3.70. The van der Waals surface area contributed by atoms with Crippen LogP contribution in [0.5, 0.6) is 5.75 Å². The molecule has 0 unspecified atom stereocenters. The number of carbonyl (C=O) groups excluding carboxylic acids is 1. The molecule has 0 aliphatic carbocycles. The predicted molar refractivity (Wildman–Crippen MR) is 129 cm³/mol. The highest BCUT2D eigenvalue weighted by Crippen LogP contribution is 2.18. The maximum absolute atomic E-state index is 11.9. The largest absolute Gasteiger partial charge is 0.484 e. The molecule has 0 atom stereocenters. The monoisotopic (exact) mass is 417 g/mol. The number of nitrogens with one attached hydrogen (secondary N) is 1.